The molecular formula is C25H24F6N4O4S. The van der Waals surface area contributed by atoms with Gasteiger partial charge in [0.1, 0.15) is 16.8 Å². The predicted molar refractivity (Wildman–Crippen MR) is 133 cm³/mol. The number of hydrogen-bond acceptors (Lipinski definition) is 6. The lowest BCUT2D eigenvalue weighted by molar-refractivity contribution is -0.351. The van der Waals surface area contributed by atoms with Gasteiger partial charge < -0.3 is 9.84 Å². The van der Waals surface area contributed by atoms with Crippen molar-refractivity contribution in [1.82, 2.24) is 14.8 Å². The van der Waals surface area contributed by atoms with Crippen LogP contribution in [0.4, 0.5) is 32.2 Å². The summed E-state index contributed by atoms with van der Waals surface area (Å²) in [5.74, 6) is 0.407. The highest BCUT2D eigenvalue weighted by Gasteiger charge is 2.72. The van der Waals surface area contributed by atoms with Gasteiger partial charge in [-0.15, -0.1) is 0 Å². The molecule has 0 saturated carbocycles. The van der Waals surface area contributed by atoms with E-state index in [1.807, 2.05) is 0 Å². The van der Waals surface area contributed by atoms with Gasteiger partial charge in [0.15, 0.2) is 0 Å². The highest BCUT2D eigenvalue weighted by Crippen LogP contribution is 2.49. The molecule has 2 heterocycles. The molecule has 0 fully saturated rings. The summed E-state index contributed by atoms with van der Waals surface area (Å²) in [6.07, 6.45) is -2.87. The molecule has 2 aliphatic carbocycles. The van der Waals surface area contributed by atoms with Crippen LogP contribution in [-0.4, -0.2) is 58.6 Å². The number of pyridine rings is 1. The van der Waals surface area contributed by atoms with E-state index in [-0.39, 0.29) is 17.9 Å². The molecule has 216 valence electrons. The van der Waals surface area contributed by atoms with Crippen molar-refractivity contribution < 1.29 is 44.6 Å². The van der Waals surface area contributed by atoms with Crippen molar-refractivity contribution in [1.29, 1.82) is 0 Å². The summed E-state index contributed by atoms with van der Waals surface area (Å²) in [5, 5.41) is 13.2. The number of nitrogens with one attached hydrogen (secondary N) is 1. The average Bonchev–Trinajstić information content (AvgIpc) is 3.32. The van der Waals surface area contributed by atoms with Gasteiger partial charge >= 0.3 is 12.4 Å². The quantitative estimate of drug-likeness (QED) is 0.440. The molecular weight excluding hydrogens is 566 g/mol. The van der Waals surface area contributed by atoms with Crippen molar-refractivity contribution in [3.05, 3.63) is 78.4 Å². The van der Waals surface area contributed by atoms with Gasteiger partial charge in [0, 0.05) is 24.0 Å². The van der Waals surface area contributed by atoms with Crippen molar-refractivity contribution in [3.8, 4) is 11.3 Å². The third kappa shape index (κ3) is 5.27. The predicted octanol–water partition coefficient (Wildman–Crippen LogP) is 5.00. The van der Waals surface area contributed by atoms with Crippen LogP contribution in [-0.2, 0) is 20.3 Å². The van der Waals surface area contributed by atoms with Gasteiger partial charge in [-0.1, -0.05) is 24.3 Å². The molecule has 0 amide bonds. The average molecular weight is 591 g/mol. The van der Waals surface area contributed by atoms with Crippen LogP contribution in [0.1, 0.15) is 19.8 Å². The Labute approximate surface area is 225 Å². The first-order valence-corrected chi connectivity index (χ1v) is 13.3. The summed E-state index contributed by atoms with van der Waals surface area (Å²) >= 11 is 0. The van der Waals surface area contributed by atoms with Gasteiger partial charge in [-0.2, -0.15) is 31.4 Å². The van der Waals surface area contributed by atoms with Crippen LogP contribution in [0, 0.1) is 0 Å². The molecule has 2 aromatic heterocycles. The highest BCUT2D eigenvalue weighted by atomic mass is 32.2. The topological polar surface area (TPSA) is 106 Å². The first-order chi connectivity index (χ1) is 18.5. The number of methoxy groups -OCH3 is 1. The molecule has 15 heteroatoms. The Morgan fingerprint density at radius 2 is 1.75 bits per heavy atom. The molecule has 0 saturated heterocycles. The molecule has 0 spiro atoms. The first-order valence-electron chi connectivity index (χ1n) is 11.7. The third-order valence-corrected chi connectivity index (χ3v) is 8.31. The number of halogens is 6. The second-order valence-electron chi connectivity index (χ2n) is 9.41. The Kier molecular flexibility index (Phi) is 7.43. The van der Waals surface area contributed by atoms with E-state index in [1.54, 1.807) is 18.2 Å². The van der Waals surface area contributed by atoms with E-state index < -0.39 is 50.8 Å². The molecule has 0 aliphatic heterocycles. The molecule has 0 radical (unpaired) electrons. The molecule has 0 aromatic carbocycles. The molecule has 2 aliphatic rings. The van der Waals surface area contributed by atoms with Crippen molar-refractivity contribution >= 4 is 15.8 Å². The van der Waals surface area contributed by atoms with Gasteiger partial charge in [0.25, 0.3) is 5.60 Å². The zero-order chi connectivity index (χ0) is 29.6. The van der Waals surface area contributed by atoms with E-state index in [0.29, 0.717) is 23.5 Å². The maximum Gasteiger partial charge on any atom is 0.430 e. The second-order valence-corrected chi connectivity index (χ2v) is 11.3. The summed E-state index contributed by atoms with van der Waals surface area (Å²) < 4.78 is 116. The number of nitrogens with zero attached hydrogens (tertiary/aromatic N) is 3. The Bertz CT molecular complexity index is 1480. The van der Waals surface area contributed by atoms with E-state index in [2.05, 4.69) is 14.8 Å². The second kappa shape index (κ2) is 10.1. The standard InChI is InChI=1S/C25H24F6N4O4S/c1-22(11-7-17(8-12-22)23(36,24(26,27)28)25(29,30)31)35-21(15-20(33-35)16-9-13-32-14-10-16)34-40(37,38)19-5-3-18(39-2)4-6-19/h3-5,7-11,13-15,19,34,36H,6,12H2,1-2H3. The third-order valence-electron chi connectivity index (χ3n) is 6.67. The summed E-state index contributed by atoms with van der Waals surface area (Å²) in [4.78, 5) is 3.91. The van der Waals surface area contributed by atoms with Crippen molar-refractivity contribution in [2.45, 2.75) is 48.5 Å². The van der Waals surface area contributed by atoms with Crippen LogP contribution in [0.3, 0.4) is 0 Å². The molecule has 4 rings (SSSR count). The van der Waals surface area contributed by atoms with E-state index in [0.717, 1.165) is 6.08 Å². The number of rotatable bonds is 7. The number of ether oxygens (including phenoxy) is 1. The molecule has 8 nitrogen and oxygen atoms in total. The fraction of sp³-hybridized carbons (Fsp3) is 0.360. The number of aromatic nitrogens is 3. The molecule has 2 N–H and O–H groups in total. The fourth-order valence-corrected chi connectivity index (χ4v) is 5.55. The van der Waals surface area contributed by atoms with Gasteiger partial charge in [0.2, 0.25) is 10.0 Å². The number of hydrogen-bond donors (Lipinski definition) is 2. The van der Waals surface area contributed by atoms with Gasteiger partial charge in [-0.05, 0) is 49.6 Å². The Hall–Kier alpha value is -3.59. The highest BCUT2D eigenvalue weighted by molar-refractivity contribution is 7.93. The van der Waals surface area contributed by atoms with E-state index in [1.165, 1.54) is 49.3 Å². The number of aliphatic hydroxyl groups is 1. The Balaban J connectivity index is 1.73. The van der Waals surface area contributed by atoms with Crippen LogP contribution in [0.2, 0.25) is 0 Å². The smallest absolute Gasteiger partial charge is 0.430 e. The lowest BCUT2D eigenvalue weighted by Gasteiger charge is -2.37. The van der Waals surface area contributed by atoms with Crippen LogP contribution in [0.25, 0.3) is 11.3 Å². The van der Waals surface area contributed by atoms with Crippen LogP contribution in [0.5, 0.6) is 0 Å². The zero-order valence-electron chi connectivity index (χ0n) is 21.0. The summed E-state index contributed by atoms with van der Waals surface area (Å²) in [6, 6.07) is 4.58. The lowest BCUT2D eigenvalue weighted by atomic mass is 9.82. The summed E-state index contributed by atoms with van der Waals surface area (Å²) in [6.45, 7) is 1.45. The Morgan fingerprint density at radius 3 is 2.25 bits per heavy atom. The van der Waals surface area contributed by atoms with E-state index in [4.69, 9.17) is 4.74 Å². The number of allylic oxidation sites excluding steroid dienone is 4. The van der Waals surface area contributed by atoms with Crippen LogP contribution < -0.4 is 4.72 Å². The summed E-state index contributed by atoms with van der Waals surface area (Å²) in [5.41, 5.74) is -7.11. The molecule has 2 aromatic rings. The largest absolute Gasteiger partial charge is 0.497 e. The number of anilines is 1. The molecule has 0 bridgehead atoms. The van der Waals surface area contributed by atoms with Gasteiger partial charge in [-0.25, -0.2) is 13.1 Å². The van der Waals surface area contributed by atoms with E-state index >= 15 is 0 Å². The van der Waals surface area contributed by atoms with Crippen molar-refractivity contribution in [2.75, 3.05) is 11.8 Å². The lowest BCUT2D eigenvalue weighted by Crippen LogP contribution is -2.58. The van der Waals surface area contributed by atoms with Crippen LogP contribution in [0.15, 0.2) is 78.4 Å². The molecule has 2 atom stereocenters. The number of sulfonamides is 1. The molecule has 40 heavy (non-hydrogen) atoms. The maximum atomic E-state index is 13.4. The van der Waals surface area contributed by atoms with Crippen molar-refractivity contribution in [3.63, 3.8) is 0 Å². The van der Waals surface area contributed by atoms with Gasteiger partial charge in [-0.3, -0.25) is 9.71 Å². The monoisotopic (exact) mass is 590 g/mol. The number of alkyl halides is 6. The maximum absolute atomic E-state index is 13.4. The molecule has 2 unspecified atom stereocenters. The van der Waals surface area contributed by atoms with Crippen molar-refractivity contribution in [2.24, 2.45) is 0 Å². The van der Waals surface area contributed by atoms with E-state index in [9.17, 15) is 39.9 Å². The summed E-state index contributed by atoms with van der Waals surface area (Å²) in [7, 11) is -2.65. The van der Waals surface area contributed by atoms with Gasteiger partial charge in [0.05, 0.1) is 18.3 Å². The first kappa shape index (κ1) is 29.4. The minimum Gasteiger partial charge on any atom is -0.497 e. The van der Waals surface area contributed by atoms with Crippen LogP contribution >= 0.6 is 0 Å². The minimum absolute atomic E-state index is 0.0763. The minimum atomic E-state index is -6.04. The normalized spacial score (nSPS) is 22.1. The fourth-order valence-electron chi connectivity index (χ4n) is 4.33. The Morgan fingerprint density at radius 1 is 1.10 bits per heavy atom. The zero-order valence-corrected chi connectivity index (χ0v) is 21.8. The SMILES string of the molecule is COC1=CCC(S(=O)(=O)Nc2cc(-c3ccncc3)nn2C2(C)C=CC(C(O)(C(F)(F)F)C(F)(F)F)=CC2)C=C1.